The van der Waals surface area contributed by atoms with Crippen molar-refractivity contribution < 1.29 is 9.59 Å². The van der Waals surface area contributed by atoms with E-state index in [-0.39, 0.29) is 17.9 Å². The molecule has 29 heavy (non-hydrogen) atoms. The van der Waals surface area contributed by atoms with Crippen LogP contribution < -0.4 is 5.32 Å². The van der Waals surface area contributed by atoms with E-state index in [2.05, 4.69) is 29.0 Å². The van der Waals surface area contributed by atoms with Crippen LogP contribution in [0.2, 0.25) is 0 Å². The first-order valence-electron chi connectivity index (χ1n) is 12.1. The van der Waals surface area contributed by atoms with Crippen LogP contribution >= 0.6 is 0 Å². The molecule has 3 rings (SSSR count). The van der Waals surface area contributed by atoms with Crippen LogP contribution in [-0.2, 0) is 9.59 Å². The van der Waals surface area contributed by atoms with Crippen LogP contribution in [0, 0.1) is 11.8 Å². The number of nitrogens with zero attached hydrogens (tertiary/aromatic N) is 3. The van der Waals surface area contributed by atoms with Crippen molar-refractivity contribution in [3.63, 3.8) is 0 Å². The van der Waals surface area contributed by atoms with E-state index in [0.29, 0.717) is 18.3 Å². The van der Waals surface area contributed by atoms with Crippen molar-refractivity contribution in [1.82, 2.24) is 20.0 Å². The van der Waals surface area contributed by atoms with E-state index in [1.165, 1.54) is 45.2 Å². The number of piperazine rings is 1. The van der Waals surface area contributed by atoms with Crippen LogP contribution in [0.1, 0.15) is 65.2 Å². The summed E-state index contributed by atoms with van der Waals surface area (Å²) >= 11 is 0. The molecular formula is C23H42N4O2. The van der Waals surface area contributed by atoms with Gasteiger partial charge in [-0.15, -0.1) is 0 Å². The molecule has 6 nitrogen and oxygen atoms in total. The Balaban J connectivity index is 1.50. The topological polar surface area (TPSA) is 55.9 Å². The van der Waals surface area contributed by atoms with Gasteiger partial charge >= 0.3 is 0 Å². The standard InChI is InChI=1S/C23H42N4O2/c1-19(2)18-21(28)26-14-16-27(17-15-26)22(20-8-4-5-9-20)23(29)24-10-13-25-11-6-3-7-12-25/h19-20,22H,3-18H2,1-2H3,(H,24,29)/t22-/m0/s1. The largest absolute Gasteiger partial charge is 0.353 e. The Morgan fingerprint density at radius 3 is 2.17 bits per heavy atom. The highest BCUT2D eigenvalue weighted by atomic mass is 16.2. The number of hydrogen-bond acceptors (Lipinski definition) is 4. The predicted molar refractivity (Wildman–Crippen MR) is 117 cm³/mol. The Morgan fingerprint density at radius 2 is 1.55 bits per heavy atom. The fraction of sp³-hybridized carbons (Fsp3) is 0.913. The minimum atomic E-state index is -0.0128. The summed E-state index contributed by atoms with van der Waals surface area (Å²) in [4.78, 5) is 32.4. The molecule has 2 aliphatic heterocycles. The van der Waals surface area contributed by atoms with Crippen LogP contribution in [0.5, 0.6) is 0 Å². The van der Waals surface area contributed by atoms with Crippen molar-refractivity contribution in [2.75, 3.05) is 52.4 Å². The van der Waals surface area contributed by atoms with E-state index < -0.39 is 0 Å². The minimum absolute atomic E-state index is 0.0128. The highest BCUT2D eigenvalue weighted by Crippen LogP contribution is 2.31. The lowest BCUT2D eigenvalue weighted by atomic mass is 9.95. The van der Waals surface area contributed by atoms with E-state index in [1.807, 2.05) is 4.90 Å². The Kier molecular flexibility index (Phi) is 8.79. The van der Waals surface area contributed by atoms with Gasteiger partial charge in [-0.3, -0.25) is 14.5 Å². The van der Waals surface area contributed by atoms with Crippen LogP contribution in [0.25, 0.3) is 0 Å². The second-order valence-corrected chi connectivity index (χ2v) is 9.70. The summed E-state index contributed by atoms with van der Waals surface area (Å²) < 4.78 is 0. The number of hydrogen-bond donors (Lipinski definition) is 1. The summed E-state index contributed by atoms with van der Waals surface area (Å²) in [5.41, 5.74) is 0. The van der Waals surface area contributed by atoms with Crippen LogP contribution in [0.4, 0.5) is 0 Å². The van der Waals surface area contributed by atoms with Crippen LogP contribution in [0.15, 0.2) is 0 Å². The monoisotopic (exact) mass is 406 g/mol. The molecule has 0 radical (unpaired) electrons. The van der Waals surface area contributed by atoms with E-state index in [0.717, 1.165) is 52.1 Å². The molecule has 2 saturated heterocycles. The van der Waals surface area contributed by atoms with Crippen LogP contribution in [-0.4, -0.2) is 84.9 Å². The number of amides is 2. The Labute approximate surface area is 177 Å². The molecule has 1 N–H and O–H groups in total. The number of carbonyl (C=O) groups is 2. The molecule has 0 bridgehead atoms. The summed E-state index contributed by atoms with van der Waals surface area (Å²) in [7, 11) is 0. The van der Waals surface area contributed by atoms with Crippen molar-refractivity contribution in [3.8, 4) is 0 Å². The Morgan fingerprint density at radius 1 is 0.897 bits per heavy atom. The van der Waals surface area contributed by atoms with E-state index in [9.17, 15) is 9.59 Å². The molecule has 0 aromatic rings. The van der Waals surface area contributed by atoms with Gasteiger partial charge < -0.3 is 15.1 Å². The maximum Gasteiger partial charge on any atom is 0.237 e. The summed E-state index contributed by atoms with van der Waals surface area (Å²) in [5, 5.41) is 3.26. The maximum atomic E-state index is 13.2. The molecular weight excluding hydrogens is 364 g/mol. The van der Waals surface area contributed by atoms with Crippen LogP contribution in [0.3, 0.4) is 0 Å². The summed E-state index contributed by atoms with van der Waals surface area (Å²) in [6, 6.07) is -0.0128. The first-order valence-corrected chi connectivity index (χ1v) is 12.1. The lowest BCUT2D eigenvalue weighted by molar-refractivity contribution is -0.136. The lowest BCUT2D eigenvalue weighted by Gasteiger charge is -2.41. The third-order valence-electron chi connectivity index (χ3n) is 6.93. The van der Waals surface area contributed by atoms with Crippen molar-refractivity contribution in [3.05, 3.63) is 0 Å². The van der Waals surface area contributed by atoms with E-state index in [4.69, 9.17) is 0 Å². The van der Waals surface area contributed by atoms with Gasteiger partial charge in [-0.25, -0.2) is 0 Å². The molecule has 3 fully saturated rings. The third kappa shape index (κ3) is 6.68. The average Bonchev–Trinajstić information content (AvgIpc) is 3.23. The van der Waals surface area contributed by atoms with E-state index >= 15 is 0 Å². The first kappa shape index (κ1) is 22.5. The zero-order valence-electron chi connectivity index (χ0n) is 18.7. The van der Waals surface area contributed by atoms with Gasteiger partial charge in [0, 0.05) is 45.7 Å². The van der Waals surface area contributed by atoms with Crippen molar-refractivity contribution in [2.45, 2.75) is 71.3 Å². The molecule has 0 aromatic heterocycles. The molecule has 0 spiro atoms. The normalized spacial score (nSPS) is 23.5. The van der Waals surface area contributed by atoms with Crippen molar-refractivity contribution >= 4 is 11.8 Å². The van der Waals surface area contributed by atoms with Gasteiger partial charge in [-0.2, -0.15) is 0 Å². The molecule has 1 aliphatic carbocycles. The second kappa shape index (κ2) is 11.3. The zero-order chi connectivity index (χ0) is 20.6. The fourth-order valence-corrected chi connectivity index (χ4v) is 5.30. The molecule has 2 heterocycles. The average molecular weight is 407 g/mol. The molecule has 6 heteroatoms. The van der Waals surface area contributed by atoms with Gasteiger partial charge in [-0.1, -0.05) is 33.1 Å². The number of carbonyl (C=O) groups excluding carboxylic acids is 2. The molecule has 0 unspecified atom stereocenters. The second-order valence-electron chi connectivity index (χ2n) is 9.70. The molecule has 1 atom stereocenters. The third-order valence-corrected chi connectivity index (χ3v) is 6.93. The summed E-state index contributed by atoms with van der Waals surface area (Å²) in [5.74, 6) is 1.36. The fourth-order valence-electron chi connectivity index (χ4n) is 5.30. The van der Waals surface area contributed by atoms with Gasteiger partial charge in [0.1, 0.15) is 0 Å². The van der Waals surface area contributed by atoms with Gasteiger partial charge in [-0.05, 0) is 50.6 Å². The molecule has 3 aliphatic rings. The molecule has 166 valence electrons. The number of nitrogens with one attached hydrogen (secondary N) is 1. The Bertz CT molecular complexity index is 519. The molecule has 0 aromatic carbocycles. The summed E-state index contributed by atoms with van der Waals surface area (Å²) in [6.45, 7) is 11.4. The SMILES string of the molecule is CC(C)CC(=O)N1CCN([C@H](C(=O)NCCN2CCCCC2)C2CCCC2)CC1. The van der Waals surface area contributed by atoms with Crippen molar-refractivity contribution in [2.24, 2.45) is 11.8 Å². The van der Waals surface area contributed by atoms with Gasteiger partial charge in [0.05, 0.1) is 6.04 Å². The lowest BCUT2D eigenvalue weighted by Crippen LogP contribution is -2.58. The van der Waals surface area contributed by atoms with Crippen molar-refractivity contribution in [1.29, 1.82) is 0 Å². The van der Waals surface area contributed by atoms with Gasteiger partial charge in [0.2, 0.25) is 11.8 Å². The number of piperidine rings is 1. The first-order chi connectivity index (χ1) is 14.0. The smallest absolute Gasteiger partial charge is 0.237 e. The summed E-state index contributed by atoms with van der Waals surface area (Å²) in [6.07, 6.45) is 9.37. The van der Waals surface area contributed by atoms with Gasteiger partial charge in [0.15, 0.2) is 0 Å². The van der Waals surface area contributed by atoms with E-state index in [1.54, 1.807) is 0 Å². The number of rotatable bonds is 8. The minimum Gasteiger partial charge on any atom is -0.353 e. The number of likely N-dealkylation sites (tertiary alicyclic amines) is 1. The highest BCUT2D eigenvalue weighted by Gasteiger charge is 2.37. The Hall–Kier alpha value is -1.14. The predicted octanol–water partition coefficient (Wildman–Crippen LogP) is 2.34. The van der Waals surface area contributed by atoms with Gasteiger partial charge in [0.25, 0.3) is 0 Å². The molecule has 1 saturated carbocycles. The molecule has 2 amide bonds. The zero-order valence-corrected chi connectivity index (χ0v) is 18.7. The maximum absolute atomic E-state index is 13.2. The quantitative estimate of drug-likeness (QED) is 0.672. The highest BCUT2D eigenvalue weighted by molar-refractivity contribution is 5.82.